The molecular formula is C9H18O3. The van der Waals surface area contributed by atoms with Crippen molar-refractivity contribution in [3.8, 4) is 0 Å². The monoisotopic (exact) mass is 174 g/mol. The molecule has 0 radical (unpaired) electrons. The zero-order chi connectivity index (χ0) is 8.97. The zero-order valence-electron chi connectivity index (χ0n) is 8.08. The zero-order valence-corrected chi connectivity index (χ0v) is 8.08. The van der Waals surface area contributed by atoms with Crippen LogP contribution in [0.5, 0.6) is 0 Å². The van der Waals surface area contributed by atoms with Crippen LogP contribution in [0.1, 0.15) is 20.3 Å². The highest BCUT2D eigenvalue weighted by Crippen LogP contribution is 2.14. The van der Waals surface area contributed by atoms with Gasteiger partial charge in [0.1, 0.15) is 0 Å². The van der Waals surface area contributed by atoms with Gasteiger partial charge < -0.3 is 14.2 Å². The van der Waals surface area contributed by atoms with E-state index in [1.807, 2.05) is 6.92 Å². The van der Waals surface area contributed by atoms with Gasteiger partial charge in [0.15, 0.2) is 0 Å². The van der Waals surface area contributed by atoms with E-state index in [1.165, 1.54) is 0 Å². The summed E-state index contributed by atoms with van der Waals surface area (Å²) in [6, 6.07) is 0. The van der Waals surface area contributed by atoms with Crippen LogP contribution in [0, 0.1) is 0 Å². The molecule has 0 aromatic heterocycles. The van der Waals surface area contributed by atoms with Crippen molar-refractivity contribution in [3.05, 3.63) is 0 Å². The van der Waals surface area contributed by atoms with Gasteiger partial charge in [0, 0.05) is 13.5 Å². The molecule has 0 spiro atoms. The Bertz CT molecular complexity index is 127. The summed E-state index contributed by atoms with van der Waals surface area (Å²) in [6.07, 6.45) is 1.62. The minimum atomic E-state index is 0.204. The third kappa shape index (κ3) is 3.09. The third-order valence-electron chi connectivity index (χ3n) is 1.98. The predicted octanol–water partition coefficient (Wildman–Crippen LogP) is 1.22. The normalized spacial score (nSPS) is 37.8. The minimum Gasteiger partial charge on any atom is -0.382 e. The van der Waals surface area contributed by atoms with Gasteiger partial charge in [-0.1, -0.05) is 0 Å². The molecule has 1 aliphatic rings. The molecule has 0 amide bonds. The number of ether oxygens (including phenoxy) is 3. The molecule has 0 saturated carbocycles. The summed E-state index contributed by atoms with van der Waals surface area (Å²) in [4.78, 5) is 0. The Morgan fingerprint density at radius 1 is 1.33 bits per heavy atom. The Labute approximate surface area is 74.0 Å². The molecule has 1 saturated heterocycles. The Balaban J connectivity index is 2.35. The largest absolute Gasteiger partial charge is 0.382 e. The Morgan fingerprint density at radius 2 is 2.08 bits per heavy atom. The van der Waals surface area contributed by atoms with E-state index >= 15 is 0 Å². The van der Waals surface area contributed by atoms with Gasteiger partial charge in [-0.2, -0.15) is 0 Å². The molecule has 1 aliphatic heterocycles. The Kier molecular flexibility index (Phi) is 3.98. The highest BCUT2D eigenvalue weighted by atomic mass is 16.6. The van der Waals surface area contributed by atoms with Crippen LogP contribution in [0.4, 0.5) is 0 Å². The summed E-state index contributed by atoms with van der Waals surface area (Å²) in [6.45, 7) is 5.46. The predicted molar refractivity (Wildman–Crippen MR) is 46.2 cm³/mol. The first-order chi connectivity index (χ1) is 5.72. The van der Waals surface area contributed by atoms with Crippen molar-refractivity contribution in [1.29, 1.82) is 0 Å². The second kappa shape index (κ2) is 4.80. The van der Waals surface area contributed by atoms with Crippen molar-refractivity contribution in [2.45, 2.75) is 38.6 Å². The van der Waals surface area contributed by atoms with E-state index in [9.17, 15) is 0 Å². The third-order valence-corrected chi connectivity index (χ3v) is 1.98. The number of hydrogen-bond donors (Lipinski definition) is 0. The van der Waals surface area contributed by atoms with Crippen LogP contribution in [0.15, 0.2) is 0 Å². The molecule has 0 aromatic carbocycles. The Morgan fingerprint density at radius 3 is 2.75 bits per heavy atom. The van der Waals surface area contributed by atoms with Crippen molar-refractivity contribution >= 4 is 0 Å². The fraction of sp³-hybridized carbons (Fsp3) is 1.00. The van der Waals surface area contributed by atoms with Gasteiger partial charge in [-0.25, -0.2) is 0 Å². The van der Waals surface area contributed by atoms with Gasteiger partial charge >= 0.3 is 0 Å². The molecule has 72 valence electrons. The maximum absolute atomic E-state index is 5.61. The van der Waals surface area contributed by atoms with Crippen molar-refractivity contribution < 1.29 is 14.2 Å². The van der Waals surface area contributed by atoms with Gasteiger partial charge in [0.2, 0.25) is 0 Å². The first-order valence-electron chi connectivity index (χ1n) is 4.48. The van der Waals surface area contributed by atoms with Gasteiger partial charge in [-0.3, -0.25) is 0 Å². The first kappa shape index (κ1) is 9.96. The van der Waals surface area contributed by atoms with E-state index in [0.717, 1.165) is 6.42 Å². The van der Waals surface area contributed by atoms with Gasteiger partial charge in [0.25, 0.3) is 0 Å². The molecule has 0 N–H and O–H groups in total. The summed E-state index contributed by atoms with van der Waals surface area (Å²) >= 11 is 0. The lowest BCUT2D eigenvalue weighted by Crippen LogP contribution is -2.21. The molecule has 0 aromatic rings. The van der Waals surface area contributed by atoms with Gasteiger partial charge in [-0.15, -0.1) is 0 Å². The first-order valence-corrected chi connectivity index (χ1v) is 4.48. The summed E-state index contributed by atoms with van der Waals surface area (Å²) in [5.41, 5.74) is 0. The van der Waals surface area contributed by atoms with E-state index in [4.69, 9.17) is 14.2 Å². The van der Waals surface area contributed by atoms with Gasteiger partial charge in [-0.05, 0) is 13.8 Å². The molecule has 0 bridgehead atoms. The quantitative estimate of drug-likeness (QED) is 0.630. The highest BCUT2D eigenvalue weighted by Gasteiger charge is 2.21. The van der Waals surface area contributed by atoms with Crippen LogP contribution in [0.25, 0.3) is 0 Å². The average Bonchev–Trinajstić information content (AvgIpc) is 2.13. The summed E-state index contributed by atoms with van der Waals surface area (Å²) in [5, 5.41) is 0. The lowest BCUT2D eigenvalue weighted by Gasteiger charge is -2.14. The van der Waals surface area contributed by atoms with E-state index in [-0.39, 0.29) is 18.3 Å². The molecule has 12 heavy (non-hydrogen) atoms. The standard InChI is InChI=1S/C9H18O3/c1-7-4-9(6-10-3)11-5-8(2)12-7/h7-9H,4-6H2,1-3H3. The summed E-state index contributed by atoms with van der Waals surface area (Å²) < 4.78 is 16.2. The van der Waals surface area contributed by atoms with Crippen LogP contribution in [-0.4, -0.2) is 38.6 Å². The molecule has 3 atom stereocenters. The lowest BCUT2D eigenvalue weighted by atomic mass is 10.2. The molecule has 1 rings (SSSR count). The van der Waals surface area contributed by atoms with Crippen LogP contribution in [-0.2, 0) is 14.2 Å². The minimum absolute atomic E-state index is 0.204. The van der Waals surface area contributed by atoms with Crippen LogP contribution in [0.3, 0.4) is 0 Å². The number of rotatable bonds is 2. The second-order valence-corrected chi connectivity index (χ2v) is 3.40. The van der Waals surface area contributed by atoms with E-state index in [1.54, 1.807) is 7.11 Å². The smallest absolute Gasteiger partial charge is 0.0834 e. The molecule has 3 unspecified atom stereocenters. The van der Waals surface area contributed by atoms with E-state index in [0.29, 0.717) is 13.2 Å². The topological polar surface area (TPSA) is 27.7 Å². The van der Waals surface area contributed by atoms with Crippen LogP contribution < -0.4 is 0 Å². The molecule has 3 heteroatoms. The number of hydrogen-bond acceptors (Lipinski definition) is 3. The van der Waals surface area contributed by atoms with Gasteiger partial charge in [0.05, 0.1) is 31.5 Å². The van der Waals surface area contributed by atoms with Crippen LogP contribution >= 0.6 is 0 Å². The van der Waals surface area contributed by atoms with Crippen molar-refractivity contribution in [2.75, 3.05) is 20.3 Å². The molecule has 1 heterocycles. The summed E-state index contributed by atoms with van der Waals surface area (Å²) in [7, 11) is 1.70. The van der Waals surface area contributed by atoms with E-state index < -0.39 is 0 Å². The SMILES string of the molecule is COCC1CC(C)OC(C)CO1. The maximum Gasteiger partial charge on any atom is 0.0834 e. The maximum atomic E-state index is 5.61. The highest BCUT2D eigenvalue weighted by molar-refractivity contribution is 4.68. The molecule has 0 aliphatic carbocycles. The summed E-state index contributed by atoms with van der Waals surface area (Å²) in [5.74, 6) is 0. The molecule has 1 fully saturated rings. The fourth-order valence-electron chi connectivity index (χ4n) is 1.50. The molecule has 3 nitrogen and oxygen atoms in total. The fourth-order valence-corrected chi connectivity index (χ4v) is 1.50. The second-order valence-electron chi connectivity index (χ2n) is 3.40. The lowest BCUT2D eigenvalue weighted by molar-refractivity contribution is -0.0182. The molecular weight excluding hydrogens is 156 g/mol. The van der Waals surface area contributed by atoms with E-state index in [2.05, 4.69) is 6.92 Å². The van der Waals surface area contributed by atoms with Crippen molar-refractivity contribution in [1.82, 2.24) is 0 Å². The van der Waals surface area contributed by atoms with Crippen molar-refractivity contribution in [2.24, 2.45) is 0 Å². The average molecular weight is 174 g/mol. The Hall–Kier alpha value is -0.120. The van der Waals surface area contributed by atoms with Crippen LogP contribution in [0.2, 0.25) is 0 Å². The number of methoxy groups -OCH3 is 1. The van der Waals surface area contributed by atoms with Crippen molar-refractivity contribution in [3.63, 3.8) is 0 Å².